The predicted octanol–water partition coefficient (Wildman–Crippen LogP) is 1.46. The number of primary amides is 1. The Kier molecular flexibility index (Phi) is 4.44. The second-order valence-electron chi connectivity index (χ2n) is 4.62. The lowest BCUT2D eigenvalue weighted by atomic mass is 9.83. The van der Waals surface area contributed by atoms with Crippen molar-refractivity contribution in [3.8, 4) is 0 Å². The number of carbonyl (C=O) groups is 1. The third-order valence-corrected chi connectivity index (χ3v) is 3.81. The molecule has 0 heterocycles. The first-order valence-electron chi connectivity index (χ1n) is 6.26. The van der Waals surface area contributed by atoms with Gasteiger partial charge in [-0.2, -0.15) is 0 Å². The number of hydrogen-bond donors (Lipinski definition) is 3. The third-order valence-electron chi connectivity index (χ3n) is 3.32. The van der Waals surface area contributed by atoms with Gasteiger partial charge in [0.2, 0.25) is 0 Å². The van der Waals surface area contributed by atoms with Crippen molar-refractivity contribution in [2.24, 2.45) is 11.5 Å². The number of amides is 1. The smallest absolute Gasteiger partial charge is 0.250 e. The Morgan fingerprint density at radius 2 is 2.32 bits per heavy atom. The summed E-state index contributed by atoms with van der Waals surface area (Å²) in [6.07, 6.45) is 0.908. The van der Waals surface area contributed by atoms with Crippen molar-refractivity contribution < 1.29 is 9.53 Å². The lowest BCUT2D eigenvalue weighted by Crippen LogP contribution is -2.60. The van der Waals surface area contributed by atoms with Crippen LogP contribution in [-0.4, -0.2) is 30.7 Å². The molecule has 104 valence electrons. The molecular formula is C13H18BrN3O2. The van der Waals surface area contributed by atoms with Gasteiger partial charge in [0.05, 0.1) is 17.7 Å². The van der Waals surface area contributed by atoms with Crippen molar-refractivity contribution in [2.75, 3.05) is 11.9 Å². The zero-order chi connectivity index (χ0) is 14.0. The van der Waals surface area contributed by atoms with Gasteiger partial charge in [-0.1, -0.05) is 15.9 Å². The van der Waals surface area contributed by atoms with Crippen LogP contribution in [0.3, 0.4) is 0 Å². The lowest BCUT2D eigenvalue weighted by Gasteiger charge is -2.43. The van der Waals surface area contributed by atoms with Gasteiger partial charge in [-0.25, -0.2) is 0 Å². The number of nitrogens with two attached hydrogens (primary N) is 2. The number of nitrogens with one attached hydrogen (secondary N) is 1. The first kappa shape index (κ1) is 14.3. The first-order valence-corrected chi connectivity index (χ1v) is 7.05. The highest BCUT2D eigenvalue weighted by Gasteiger charge is 2.39. The van der Waals surface area contributed by atoms with Gasteiger partial charge in [-0.3, -0.25) is 4.79 Å². The van der Waals surface area contributed by atoms with E-state index in [1.54, 1.807) is 12.1 Å². The minimum atomic E-state index is -0.462. The molecule has 0 spiro atoms. The predicted molar refractivity (Wildman–Crippen MR) is 78.1 cm³/mol. The number of ether oxygens (including phenoxy) is 1. The van der Waals surface area contributed by atoms with Crippen LogP contribution < -0.4 is 16.8 Å². The Balaban J connectivity index is 2.18. The maximum absolute atomic E-state index is 11.4. The van der Waals surface area contributed by atoms with E-state index in [0.717, 1.165) is 10.9 Å². The molecule has 1 fully saturated rings. The van der Waals surface area contributed by atoms with Crippen molar-refractivity contribution in [3.05, 3.63) is 28.2 Å². The van der Waals surface area contributed by atoms with E-state index in [2.05, 4.69) is 21.2 Å². The molecule has 0 saturated heterocycles. The standard InChI is InChI=1S/C13H18BrN3O2/c1-2-19-11-6-9(15)12(11)17-10-5-7(14)3-4-8(10)13(16)18/h3-5,9,11-12,17H,2,6,15H2,1H3,(H2,16,18). The van der Waals surface area contributed by atoms with Gasteiger partial charge in [0.25, 0.3) is 5.91 Å². The second-order valence-corrected chi connectivity index (χ2v) is 5.53. The maximum Gasteiger partial charge on any atom is 0.250 e. The van der Waals surface area contributed by atoms with Crippen LogP contribution in [0.5, 0.6) is 0 Å². The van der Waals surface area contributed by atoms with Crippen LogP contribution in [0.4, 0.5) is 5.69 Å². The molecule has 1 amide bonds. The molecule has 3 unspecified atom stereocenters. The average Bonchev–Trinajstić information content (AvgIpc) is 2.35. The van der Waals surface area contributed by atoms with Crippen LogP contribution in [0.2, 0.25) is 0 Å². The van der Waals surface area contributed by atoms with Crippen LogP contribution in [0, 0.1) is 0 Å². The van der Waals surface area contributed by atoms with E-state index in [9.17, 15) is 4.79 Å². The molecule has 1 saturated carbocycles. The summed E-state index contributed by atoms with van der Waals surface area (Å²) in [5.41, 5.74) is 12.5. The van der Waals surface area contributed by atoms with E-state index >= 15 is 0 Å². The van der Waals surface area contributed by atoms with E-state index < -0.39 is 5.91 Å². The summed E-state index contributed by atoms with van der Waals surface area (Å²) < 4.78 is 6.47. The SMILES string of the molecule is CCOC1CC(N)C1Nc1cc(Br)ccc1C(N)=O. The Morgan fingerprint density at radius 1 is 1.58 bits per heavy atom. The largest absolute Gasteiger partial charge is 0.377 e. The molecule has 0 radical (unpaired) electrons. The summed E-state index contributed by atoms with van der Waals surface area (Å²) >= 11 is 3.38. The van der Waals surface area contributed by atoms with Gasteiger partial charge in [0.1, 0.15) is 0 Å². The van der Waals surface area contributed by atoms with Crippen molar-refractivity contribution in [2.45, 2.75) is 31.5 Å². The van der Waals surface area contributed by atoms with Crippen molar-refractivity contribution in [3.63, 3.8) is 0 Å². The van der Waals surface area contributed by atoms with E-state index in [0.29, 0.717) is 17.9 Å². The van der Waals surface area contributed by atoms with Gasteiger partial charge in [0, 0.05) is 22.8 Å². The minimum absolute atomic E-state index is 0.00681. The summed E-state index contributed by atoms with van der Waals surface area (Å²) in [6.45, 7) is 2.60. The fraction of sp³-hybridized carbons (Fsp3) is 0.462. The zero-order valence-electron chi connectivity index (χ0n) is 10.7. The molecule has 19 heavy (non-hydrogen) atoms. The summed E-state index contributed by atoms with van der Waals surface area (Å²) in [4.78, 5) is 11.4. The Morgan fingerprint density at radius 3 is 2.89 bits per heavy atom. The number of benzene rings is 1. The van der Waals surface area contributed by atoms with Gasteiger partial charge in [-0.05, 0) is 31.5 Å². The Labute approximate surface area is 120 Å². The molecule has 6 heteroatoms. The van der Waals surface area contributed by atoms with E-state index in [4.69, 9.17) is 16.2 Å². The van der Waals surface area contributed by atoms with Gasteiger partial charge in [-0.15, -0.1) is 0 Å². The quantitative estimate of drug-likeness (QED) is 0.763. The van der Waals surface area contributed by atoms with Crippen molar-refractivity contribution >= 4 is 27.5 Å². The number of hydrogen-bond acceptors (Lipinski definition) is 4. The number of halogens is 1. The molecule has 1 aromatic rings. The van der Waals surface area contributed by atoms with E-state index in [1.165, 1.54) is 0 Å². The Bertz CT molecular complexity index is 479. The summed E-state index contributed by atoms with van der Waals surface area (Å²) in [5, 5.41) is 3.27. The normalized spacial score (nSPS) is 25.7. The third kappa shape index (κ3) is 3.08. The molecule has 1 aliphatic rings. The molecule has 0 aromatic heterocycles. The summed E-state index contributed by atoms with van der Waals surface area (Å²) in [5.74, 6) is -0.462. The topological polar surface area (TPSA) is 90.4 Å². The fourth-order valence-electron chi connectivity index (χ4n) is 2.26. The first-order chi connectivity index (χ1) is 9.02. The van der Waals surface area contributed by atoms with Crippen molar-refractivity contribution in [1.82, 2.24) is 0 Å². The van der Waals surface area contributed by atoms with Gasteiger partial charge in [0.15, 0.2) is 0 Å². The minimum Gasteiger partial charge on any atom is -0.377 e. The summed E-state index contributed by atoms with van der Waals surface area (Å²) in [7, 11) is 0. The molecular weight excluding hydrogens is 310 g/mol. The molecule has 1 aliphatic carbocycles. The van der Waals surface area contributed by atoms with Gasteiger partial charge >= 0.3 is 0 Å². The number of rotatable bonds is 5. The number of anilines is 1. The molecule has 3 atom stereocenters. The van der Waals surface area contributed by atoms with Crippen LogP contribution in [-0.2, 0) is 4.74 Å². The molecule has 0 bridgehead atoms. The van der Waals surface area contributed by atoms with Crippen molar-refractivity contribution in [1.29, 1.82) is 0 Å². The number of carbonyl (C=O) groups excluding carboxylic acids is 1. The van der Waals surface area contributed by atoms with Crippen LogP contribution in [0.1, 0.15) is 23.7 Å². The van der Waals surface area contributed by atoms with Gasteiger partial charge < -0.3 is 21.5 Å². The highest BCUT2D eigenvalue weighted by molar-refractivity contribution is 9.10. The maximum atomic E-state index is 11.4. The monoisotopic (exact) mass is 327 g/mol. The second kappa shape index (κ2) is 5.90. The molecule has 2 rings (SSSR count). The molecule has 5 nitrogen and oxygen atoms in total. The lowest BCUT2D eigenvalue weighted by molar-refractivity contribution is -0.0126. The van der Waals surface area contributed by atoms with Crippen LogP contribution in [0.15, 0.2) is 22.7 Å². The molecule has 0 aliphatic heterocycles. The highest BCUT2D eigenvalue weighted by Crippen LogP contribution is 2.29. The zero-order valence-corrected chi connectivity index (χ0v) is 12.3. The fourth-order valence-corrected chi connectivity index (χ4v) is 2.62. The van der Waals surface area contributed by atoms with Crippen LogP contribution in [0.25, 0.3) is 0 Å². The molecule has 5 N–H and O–H groups in total. The van der Waals surface area contributed by atoms with Crippen LogP contribution >= 0.6 is 15.9 Å². The highest BCUT2D eigenvalue weighted by atomic mass is 79.9. The summed E-state index contributed by atoms with van der Waals surface area (Å²) in [6, 6.07) is 5.33. The van der Waals surface area contributed by atoms with E-state index in [-0.39, 0.29) is 18.2 Å². The van der Waals surface area contributed by atoms with E-state index in [1.807, 2.05) is 13.0 Å². The Hall–Kier alpha value is -1.11. The molecule has 1 aromatic carbocycles. The average molecular weight is 328 g/mol.